The Bertz CT molecular complexity index is 1290. The van der Waals surface area contributed by atoms with Crippen molar-refractivity contribution >= 4 is 34.4 Å². The molecule has 2 aromatic carbocycles. The molecule has 2 heterocycles. The molecule has 1 fully saturated rings. The van der Waals surface area contributed by atoms with E-state index in [1.807, 2.05) is 0 Å². The first-order valence-corrected chi connectivity index (χ1v) is 10.5. The number of carboxylic acid groups (broad SMARTS) is 1. The third kappa shape index (κ3) is 5.33. The molecule has 1 aliphatic rings. The molecule has 4 rings (SSSR count). The number of ether oxygens (including phenoxy) is 3. The van der Waals surface area contributed by atoms with Crippen molar-refractivity contribution in [3.8, 4) is 5.75 Å². The monoisotopic (exact) mass is 491 g/mol. The van der Waals surface area contributed by atoms with Gasteiger partial charge < -0.3 is 29.6 Å². The van der Waals surface area contributed by atoms with Gasteiger partial charge in [0.2, 0.25) is 0 Å². The number of aromatic nitrogens is 2. The van der Waals surface area contributed by atoms with Gasteiger partial charge in [0.15, 0.2) is 23.5 Å². The Hall–Kier alpha value is -3.54. The number of carbonyl (C=O) groups excluding carboxylic acids is 1. The molecule has 2 atom stereocenters. The number of nitrogens with zero attached hydrogens (tertiary/aromatic N) is 1. The smallest absolute Gasteiger partial charge is 0.335 e. The summed E-state index contributed by atoms with van der Waals surface area (Å²) in [7, 11) is 0. The lowest BCUT2D eigenvalue weighted by Crippen LogP contribution is -2.42. The SMILES string of the molecule is O=C(NCc1cccc(Cl)c1)c1nc2ccc(F)c(OCC3COC(C(=O)O)CO3)c2c(=O)[nH]1. The lowest BCUT2D eigenvalue weighted by Gasteiger charge is -2.27. The number of amides is 1. The maximum absolute atomic E-state index is 14.5. The van der Waals surface area contributed by atoms with Crippen molar-refractivity contribution in [2.24, 2.45) is 0 Å². The van der Waals surface area contributed by atoms with Crippen molar-refractivity contribution in [2.45, 2.75) is 18.8 Å². The van der Waals surface area contributed by atoms with Crippen LogP contribution < -0.4 is 15.6 Å². The Kier molecular flexibility index (Phi) is 7.06. The first-order chi connectivity index (χ1) is 16.3. The molecular weight excluding hydrogens is 473 g/mol. The van der Waals surface area contributed by atoms with E-state index in [0.29, 0.717) is 5.02 Å². The van der Waals surface area contributed by atoms with Gasteiger partial charge in [-0.05, 0) is 29.8 Å². The molecule has 34 heavy (non-hydrogen) atoms. The summed E-state index contributed by atoms with van der Waals surface area (Å²) in [6.45, 7) is -0.291. The van der Waals surface area contributed by atoms with Gasteiger partial charge in [-0.2, -0.15) is 0 Å². The molecule has 12 heteroatoms. The predicted molar refractivity (Wildman–Crippen MR) is 118 cm³/mol. The maximum atomic E-state index is 14.5. The number of nitrogens with one attached hydrogen (secondary N) is 2. The van der Waals surface area contributed by atoms with Gasteiger partial charge in [-0.1, -0.05) is 23.7 Å². The normalized spacial score (nSPS) is 17.9. The van der Waals surface area contributed by atoms with Crippen molar-refractivity contribution < 1.29 is 33.3 Å². The van der Waals surface area contributed by atoms with Crippen LogP contribution in [-0.2, 0) is 20.8 Å². The quantitative estimate of drug-likeness (QED) is 0.455. The molecule has 178 valence electrons. The van der Waals surface area contributed by atoms with E-state index in [9.17, 15) is 18.8 Å². The third-order valence-electron chi connectivity index (χ3n) is 4.99. The summed E-state index contributed by atoms with van der Waals surface area (Å²) in [5.74, 6) is -3.20. The van der Waals surface area contributed by atoms with E-state index in [0.717, 1.165) is 11.6 Å². The van der Waals surface area contributed by atoms with Crippen LogP contribution in [-0.4, -0.2) is 59.0 Å². The number of hydrogen-bond donors (Lipinski definition) is 3. The van der Waals surface area contributed by atoms with Gasteiger partial charge in [-0.3, -0.25) is 9.59 Å². The highest BCUT2D eigenvalue weighted by molar-refractivity contribution is 6.30. The van der Waals surface area contributed by atoms with Crippen LogP contribution in [0.2, 0.25) is 5.02 Å². The molecule has 2 unspecified atom stereocenters. The van der Waals surface area contributed by atoms with Crippen LogP contribution in [0.25, 0.3) is 10.9 Å². The molecule has 0 saturated carbocycles. The van der Waals surface area contributed by atoms with Gasteiger partial charge in [0.25, 0.3) is 11.5 Å². The zero-order valence-corrected chi connectivity index (χ0v) is 18.3. The molecule has 0 spiro atoms. The first kappa shape index (κ1) is 23.6. The molecule has 3 N–H and O–H groups in total. The topological polar surface area (TPSA) is 140 Å². The molecule has 3 aromatic rings. The van der Waals surface area contributed by atoms with Crippen LogP contribution in [0, 0.1) is 5.82 Å². The number of fused-ring (bicyclic) bond motifs is 1. The number of H-pyrrole nitrogens is 1. The van der Waals surface area contributed by atoms with Crippen LogP contribution in [0.5, 0.6) is 5.75 Å². The van der Waals surface area contributed by atoms with E-state index < -0.39 is 35.5 Å². The molecule has 1 amide bonds. The second-order valence-corrected chi connectivity index (χ2v) is 7.86. The summed E-state index contributed by atoms with van der Waals surface area (Å²) in [4.78, 5) is 42.6. The van der Waals surface area contributed by atoms with E-state index in [1.54, 1.807) is 24.3 Å². The predicted octanol–water partition coefficient (Wildman–Crippen LogP) is 1.89. The van der Waals surface area contributed by atoms with E-state index in [-0.39, 0.29) is 48.8 Å². The minimum absolute atomic E-state index is 0.0554. The minimum Gasteiger partial charge on any atom is -0.487 e. The van der Waals surface area contributed by atoms with Crippen molar-refractivity contribution in [1.82, 2.24) is 15.3 Å². The van der Waals surface area contributed by atoms with Gasteiger partial charge in [0.05, 0.1) is 18.7 Å². The van der Waals surface area contributed by atoms with Gasteiger partial charge in [0.1, 0.15) is 18.1 Å². The number of carboxylic acids is 1. The second kappa shape index (κ2) is 10.2. The number of carbonyl (C=O) groups is 2. The highest BCUT2D eigenvalue weighted by Gasteiger charge is 2.28. The Morgan fingerprint density at radius 3 is 2.79 bits per heavy atom. The van der Waals surface area contributed by atoms with Gasteiger partial charge in [-0.25, -0.2) is 14.2 Å². The molecular formula is C22H19ClFN3O7. The average molecular weight is 492 g/mol. The van der Waals surface area contributed by atoms with Crippen LogP contribution in [0.15, 0.2) is 41.2 Å². The molecule has 1 aromatic heterocycles. The molecule has 1 aliphatic heterocycles. The maximum Gasteiger partial charge on any atom is 0.335 e. The summed E-state index contributed by atoms with van der Waals surface area (Å²) in [6.07, 6.45) is -1.74. The van der Waals surface area contributed by atoms with Crippen LogP contribution in [0.3, 0.4) is 0 Å². The van der Waals surface area contributed by atoms with Crippen molar-refractivity contribution in [1.29, 1.82) is 0 Å². The fourth-order valence-electron chi connectivity index (χ4n) is 3.30. The fraction of sp³-hybridized carbons (Fsp3) is 0.273. The number of halogens is 2. The molecule has 0 radical (unpaired) electrons. The van der Waals surface area contributed by atoms with Crippen LogP contribution in [0.4, 0.5) is 4.39 Å². The molecule has 10 nitrogen and oxygen atoms in total. The van der Waals surface area contributed by atoms with E-state index in [4.69, 9.17) is 30.9 Å². The Morgan fingerprint density at radius 2 is 2.09 bits per heavy atom. The van der Waals surface area contributed by atoms with Crippen LogP contribution in [0.1, 0.15) is 16.2 Å². The second-order valence-electron chi connectivity index (χ2n) is 7.42. The number of aromatic amines is 1. The van der Waals surface area contributed by atoms with Gasteiger partial charge in [0, 0.05) is 11.6 Å². The summed E-state index contributed by atoms with van der Waals surface area (Å²) in [6, 6.07) is 9.24. The van der Waals surface area contributed by atoms with Gasteiger partial charge >= 0.3 is 5.97 Å². The number of aliphatic carboxylic acids is 1. The zero-order valence-electron chi connectivity index (χ0n) is 17.5. The van der Waals surface area contributed by atoms with Gasteiger partial charge in [-0.15, -0.1) is 0 Å². The molecule has 1 saturated heterocycles. The number of rotatable bonds is 7. The summed E-state index contributed by atoms with van der Waals surface area (Å²) >= 11 is 5.93. The zero-order chi connectivity index (χ0) is 24.2. The highest BCUT2D eigenvalue weighted by atomic mass is 35.5. The summed E-state index contributed by atoms with van der Waals surface area (Å²) in [5.41, 5.74) is 0.0456. The molecule has 0 bridgehead atoms. The average Bonchev–Trinajstić information content (AvgIpc) is 2.82. The Morgan fingerprint density at radius 1 is 1.26 bits per heavy atom. The lowest BCUT2D eigenvalue weighted by molar-refractivity contribution is -0.178. The highest BCUT2D eigenvalue weighted by Crippen LogP contribution is 2.26. The van der Waals surface area contributed by atoms with E-state index in [2.05, 4.69) is 15.3 Å². The molecule has 0 aliphatic carbocycles. The minimum atomic E-state index is -1.15. The largest absolute Gasteiger partial charge is 0.487 e. The number of benzene rings is 2. The number of hydrogen-bond acceptors (Lipinski definition) is 7. The van der Waals surface area contributed by atoms with Crippen molar-refractivity contribution in [3.63, 3.8) is 0 Å². The third-order valence-corrected chi connectivity index (χ3v) is 5.23. The lowest BCUT2D eigenvalue weighted by atomic mass is 10.2. The Balaban J connectivity index is 1.49. The summed E-state index contributed by atoms with van der Waals surface area (Å²) in [5, 5.41) is 11.9. The first-order valence-electron chi connectivity index (χ1n) is 10.2. The fourth-order valence-corrected chi connectivity index (χ4v) is 3.51. The van der Waals surface area contributed by atoms with Crippen LogP contribution >= 0.6 is 11.6 Å². The van der Waals surface area contributed by atoms with Crippen molar-refractivity contribution in [3.05, 3.63) is 69.0 Å². The summed E-state index contributed by atoms with van der Waals surface area (Å²) < 4.78 is 30.5. The van der Waals surface area contributed by atoms with Crippen molar-refractivity contribution in [2.75, 3.05) is 19.8 Å². The van der Waals surface area contributed by atoms with E-state index in [1.165, 1.54) is 6.07 Å². The Labute approximate surface area is 196 Å². The standard InChI is InChI=1S/C22H19ClFN3O7/c23-12-3-1-2-11(6-12)7-25-21(29)19-26-15-5-4-14(24)18(17(15)20(28)27-19)34-9-13-8-33-16(10-32-13)22(30)31/h1-6,13,16H,7-10H2,(H,25,29)(H,30,31)(H,26,27,28). The van der Waals surface area contributed by atoms with E-state index >= 15 is 0 Å².